The van der Waals surface area contributed by atoms with Gasteiger partial charge in [0.2, 0.25) is 0 Å². The Kier molecular flexibility index (Phi) is 15.7. The summed E-state index contributed by atoms with van der Waals surface area (Å²) in [6, 6.07) is 0. The van der Waals surface area contributed by atoms with E-state index in [1.54, 1.807) is 0 Å². The molecule has 9 aliphatic rings. The Labute approximate surface area is 425 Å². The number of hydrogen-bond acceptors (Lipinski definition) is 8. The van der Waals surface area contributed by atoms with Crippen molar-refractivity contribution in [3.05, 3.63) is 0 Å². The van der Waals surface area contributed by atoms with Gasteiger partial charge in [0.15, 0.2) is 0 Å². The third kappa shape index (κ3) is 7.78. The van der Waals surface area contributed by atoms with Crippen LogP contribution >= 0.6 is 186 Å². The zero-order chi connectivity index (χ0) is 40.1. The zero-order valence-corrected chi connectivity index (χ0v) is 44.3. The molecule has 5 saturated heterocycles. The van der Waals surface area contributed by atoms with Crippen molar-refractivity contribution in [2.45, 2.75) is 135 Å². The fourth-order valence-corrected chi connectivity index (χ4v) is 18.7. The summed E-state index contributed by atoms with van der Waals surface area (Å²) >= 11 is 113. The van der Waals surface area contributed by atoms with E-state index in [9.17, 15) is 0 Å². The molecule has 9 fully saturated rings. The average Bonchev–Trinajstić information content (AvgIpc) is 3.92. The Morgan fingerprint density at radius 3 is 0.333 bits per heavy atom. The Morgan fingerprint density at radius 2 is 0.246 bits per heavy atom. The van der Waals surface area contributed by atoms with Crippen molar-refractivity contribution in [3.8, 4) is 0 Å². The smallest absolute Gasteiger partial charge is 0.0681 e. The molecule has 5 heterocycles. The molecule has 24 unspecified atom stereocenters. The molecule has 57 heavy (non-hydrogen) atoms. The monoisotopic (exact) mass is 1160 g/mol. The first-order valence-electron chi connectivity index (χ1n) is 18.8. The molecule has 0 amide bonds. The minimum atomic E-state index is -0.618. The van der Waals surface area contributed by atoms with Crippen LogP contribution in [0.2, 0.25) is 0 Å². The second kappa shape index (κ2) is 18.5. The standard InChI is InChI=1S/C32H40Cl16N8.Zn/c33-9-1-2(10(34)18(42)17(9)41)26-49-25(1)53-27-3-4(12(36)20(44)19(43)11(3)35)29(50-27)55-31-7-8(16(40)24(48)23(47)15(7)39)32(52-31)56-30-6-5(28(51-30)54-26)13(37)21(45)22(46)14(6)38;/h1-32,49-56H;. The van der Waals surface area contributed by atoms with Gasteiger partial charge in [-0.2, -0.15) is 0 Å². The first-order valence-corrected chi connectivity index (χ1v) is 25.8. The van der Waals surface area contributed by atoms with Crippen molar-refractivity contribution in [3.63, 3.8) is 0 Å². The van der Waals surface area contributed by atoms with E-state index in [1.807, 2.05) is 0 Å². The normalized spacial score (nSPS) is 64.8. The summed E-state index contributed by atoms with van der Waals surface area (Å²) in [5, 5.41) is 21.0. The second-order valence-corrected chi connectivity index (χ2v) is 24.9. The molecule has 0 radical (unpaired) electrons. The summed E-state index contributed by atoms with van der Waals surface area (Å²) in [6.45, 7) is 0. The van der Waals surface area contributed by atoms with E-state index in [1.165, 1.54) is 0 Å². The van der Waals surface area contributed by atoms with E-state index in [4.69, 9.17) is 186 Å². The molecule has 4 saturated carbocycles. The summed E-state index contributed by atoms with van der Waals surface area (Å²) in [5.74, 6) is -2.37. The van der Waals surface area contributed by atoms with Gasteiger partial charge in [0.1, 0.15) is 0 Å². The van der Waals surface area contributed by atoms with Crippen molar-refractivity contribution in [2.75, 3.05) is 0 Å². The van der Waals surface area contributed by atoms with Gasteiger partial charge in [0.25, 0.3) is 0 Å². The van der Waals surface area contributed by atoms with Gasteiger partial charge in [-0.25, -0.2) is 0 Å². The number of alkyl halides is 16. The van der Waals surface area contributed by atoms with Crippen molar-refractivity contribution in [2.24, 2.45) is 47.3 Å². The third-order valence-corrected chi connectivity index (χ3v) is 24.7. The predicted molar refractivity (Wildman–Crippen MR) is 238 cm³/mol. The van der Waals surface area contributed by atoms with Gasteiger partial charge in [-0.3, -0.25) is 42.5 Å². The van der Waals surface area contributed by atoms with Crippen LogP contribution in [0.1, 0.15) is 0 Å². The van der Waals surface area contributed by atoms with Crippen molar-refractivity contribution in [1.29, 1.82) is 0 Å². The van der Waals surface area contributed by atoms with Gasteiger partial charge in [0.05, 0.1) is 135 Å². The number of rotatable bonds is 0. The van der Waals surface area contributed by atoms with Crippen molar-refractivity contribution >= 4 is 186 Å². The van der Waals surface area contributed by atoms with E-state index < -0.39 is 135 Å². The molecule has 25 heteroatoms. The fraction of sp³-hybridized carbons (Fsp3) is 1.00. The molecule has 24 atom stereocenters. The Hall–Kier alpha value is 4.94. The van der Waals surface area contributed by atoms with Gasteiger partial charge in [-0.1, -0.05) is 0 Å². The minimum absolute atomic E-state index is 0. The minimum Gasteiger partial charge on any atom is -0.286 e. The molecule has 5 aliphatic heterocycles. The molecule has 0 aromatic rings. The molecule has 9 rings (SSSR count). The SMILES string of the molecule is ClC1C(Cl)C(Cl)C2C3NC(NC4NC(NC5NC(NC6NC(N3)C3C(Cl)C(Cl)C(Cl)C(Cl)C63)C3C(Cl)C(Cl)C(Cl)C(Cl)C53)C3C(Cl)C(Cl)C(Cl)C(Cl)C43)C2C1Cl.[Zn]. The molecule has 8 nitrogen and oxygen atoms in total. The van der Waals surface area contributed by atoms with Gasteiger partial charge >= 0.3 is 0 Å². The molecule has 322 valence electrons. The van der Waals surface area contributed by atoms with Crippen molar-refractivity contribution in [1.82, 2.24) is 42.5 Å². The van der Waals surface area contributed by atoms with Crippen LogP contribution in [0, 0.1) is 47.3 Å². The largest absolute Gasteiger partial charge is 0.286 e. The zero-order valence-electron chi connectivity index (χ0n) is 29.2. The van der Waals surface area contributed by atoms with Crippen LogP contribution in [0.25, 0.3) is 0 Å². The fourth-order valence-electron chi connectivity index (χ4n) is 11.8. The Morgan fingerprint density at radius 1 is 0.158 bits per heavy atom. The quantitative estimate of drug-likeness (QED) is 0.110. The summed E-state index contributed by atoms with van der Waals surface area (Å²) in [6.07, 6.45) is -3.49. The summed E-state index contributed by atoms with van der Waals surface area (Å²) in [4.78, 5) is 0. The molecule has 0 spiro atoms. The van der Waals surface area contributed by atoms with E-state index in [0.717, 1.165) is 0 Å². The van der Waals surface area contributed by atoms with Crippen LogP contribution in [0.3, 0.4) is 0 Å². The molecular weight excluding hydrogens is 1130 g/mol. The summed E-state index contributed by atoms with van der Waals surface area (Å²) in [7, 11) is 0. The first-order chi connectivity index (χ1) is 26.4. The number of hydrogen-bond donors (Lipinski definition) is 8. The molecule has 0 aromatic carbocycles. The number of nitrogens with one attached hydrogen (secondary N) is 8. The molecular formula is C32H40Cl16N8Zn. The number of halogens is 16. The van der Waals surface area contributed by atoms with Gasteiger partial charge < -0.3 is 0 Å². The maximum absolute atomic E-state index is 7.25. The van der Waals surface area contributed by atoms with Crippen LogP contribution in [0.5, 0.6) is 0 Å². The van der Waals surface area contributed by atoms with Gasteiger partial charge in [-0.05, 0) is 0 Å². The topological polar surface area (TPSA) is 96.2 Å². The third-order valence-electron chi connectivity index (χ3n) is 14.3. The second-order valence-electron chi connectivity index (χ2n) is 16.9. The van der Waals surface area contributed by atoms with E-state index in [-0.39, 0.29) is 66.8 Å². The predicted octanol–water partition coefficient (Wildman–Crippen LogP) is 6.08. The van der Waals surface area contributed by atoms with Gasteiger partial charge in [0, 0.05) is 66.8 Å². The van der Waals surface area contributed by atoms with E-state index in [2.05, 4.69) is 42.5 Å². The molecule has 8 N–H and O–H groups in total. The van der Waals surface area contributed by atoms with Crippen LogP contribution in [-0.2, 0) is 19.5 Å². The van der Waals surface area contributed by atoms with Crippen LogP contribution in [0.4, 0.5) is 0 Å². The first kappa shape index (κ1) is 48.4. The molecule has 4 aliphatic carbocycles. The van der Waals surface area contributed by atoms with Crippen LogP contribution < -0.4 is 42.5 Å². The Bertz CT molecular complexity index is 1170. The maximum Gasteiger partial charge on any atom is 0.0681 e. The average molecular weight is 1170 g/mol. The van der Waals surface area contributed by atoms with Crippen LogP contribution in [0.15, 0.2) is 0 Å². The molecule has 8 bridgehead atoms. The van der Waals surface area contributed by atoms with E-state index >= 15 is 0 Å². The maximum atomic E-state index is 7.25. The van der Waals surface area contributed by atoms with E-state index in [0.29, 0.717) is 0 Å². The Balaban J connectivity index is 0.00000455. The van der Waals surface area contributed by atoms with Gasteiger partial charge in [-0.15, -0.1) is 186 Å². The van der Waals surface area contributed by atoms with Crippen molar-refractivity contribution < 1.29 is 19.5 Å². The summed E-state index contributed by atoms with van der Waals surface area (Å²) < 4.78 is 0. The molecule has 0 aromatic heterocycles. The number of fused-ring (bicyclic) bond motifs is 20. The van der Waals surface area contributed by atoms with Crippen LogP contribution in [-0.4, -0.2) is 135 Å². The summed E-state index contributed by atoms with van der Waals surface area (Å²) in [5.41, 5.74) is 0.